The molecular weight excluding hydrogens is 176 g/mol. The number of nitrogens with zero attached hydrogens (tertiary/aromatic N) is 1. The Morgan fingerprint density at radius 3 is 2.79 bits per heavy atom. The molecule has 1 aliphatic heterocycles. The van der Waals surface area contributed by atoms with Gasteiger partial charge in [0, 0.05) is 13.1 Å². The molecule has 2 heterocycles. The molecule has 3 heteroatoms. The first kappa shape index (κ1) is 9.49. The Labute approximate surface area is 84.2 Å². The Morgan fingerprint density at radius 2 is 2.14 bits per heavy atom. The largest absolute Gasteiger partial charge is 0.463 e. The fourth-order valence-corrected chi connectivity index (χ4v) is 1.67. The summed E-state index contributed by atoms with van der Waals surface area (Å²) in [5, 5.41) is 0. The first-order chi connectivity index (χ1) is 6.88. The topological polar surface area (TPSA) is 42.4 Å². The Balaban J connectivity index is 1.93. The van der Waals surface area contributed by atoms with Crippen LogP contribution in [0.15, 0.2) is 28.7 Å². The molecule has 0 unspecified atom stereocenters. The predicted molar refractivity (Wildman–Crippen MR) is 55.6 cm³/mol. The van der Waals surface area contributed by atoms with E-state index in [1.54, 1.807) is 0 Å². The van der Waals surface area contributed by atoms with Crippen LogP contribution < -0.4 is 5.73 Å². The Bertz CT molecular complexity index is 317. The van der Waals surface area contributed by atoms with Gasteiger partial charge in [-0.15, -0.1) is 0 Å². The smallest absolute Gasteiger partial charge is 0.118 e. The molecule has 0 aromatic carbocycles. The monoisotopic (exact) mass is 192 g/mol. The number of nitrogens with two attached hydrogens (primary N) is 1. The van der Waals surface area contributed by atoms with Crippen LogP contribution in [0.4, 0.5) is 0 Å². The fraction of sp³-hybridized carbons (Fsp3) is 0.455. The molecule has 2 N–H and O–H groups in total. The van der Waals surface area contributed by atoms with Gasteiger partial charge < -0.3 is 10.2 Å². The molecule has 0 saturated carbocycles. The molecule has 0 spiro atoms. The van der Waals surface area contributed by atoms with E-state index in [-0.39, 0.29) is 0 Å². The molecule has 0 saturated heterocycles. The van der Waals surface area contributed by atoms with Gasteiger partial charge in [0.15, 0.2) is 0 Å². The van der Waals surface area contributed by atoms with Gasteiger partial charge in [-0.2, -0.15) is 0 Å². The highest BCUT2D eigenvalue weighted by atomic mass is 16.3. The lowest BCUT2D eigenvalue weighted by atomic mass is 10.2. The second-order valence-electron chi connectivity index (χ2n) is 3.57. The molecule has 0 atom stereocenters. The van der Waals surface area contributed by atoms with Crippen molar-refractivity contribution in [2.75, 3.05) is 13.1 Å². The summed E-state index contributed by atoms with van der Waals surface area (Å²) >= 11 is 0. The number of hydrogen-bond acceptors (Lipinski definition) is 3. The Hall–Kier alpha value is -1.06. The molecule has 1 aromatic rings. The summed E-state index contributed by atoms with van der Waals surface area (Å²) in [7, 11) is 0. The van der Waals surface area contributed by atoms with Crippen LogP contribution in [0.5, 0.6) is 0 Å². The van der Waals surface area contributed by atoms with E-state index < -0.39 is 0 Å². The zero-order valence-corrected chi connectivity index (χ0v) is 8.28. The van der Waals surface area contributed by atoms with Gasteiger partial charge in [-0.05, 0) is 18.6 Å². The normalized spacial score (nSPS) is 17.5. The van der Waals surface area contributed by atoms with Crippen molar-refractivity contribution in [2.45, 2.75) is 19.5 Å². The van der Waals surface area contributed by atoms with E-state index in [0.29, 0.717) is 6.54 Å². The average Bonchev–Trinajstić information content (AvgIpc) is 2.67. The first-order valence-corrected chi connectivity index (χ1v) is 5.03. The maximum atomic E-state index is 5.54. The van der Waals surface area contributed by atoms with Gasteiger partial charge in [-0.1, -0.05) is 12.2 Å². The highest BCUT2D eigenvalue weighted by molar-refractivity contribution is 5.07. The third kappa shape index (κ3) is 2.25. The molecule has 0 bridgehead atoms. The predicted octanol–water partition coefficient (Wildman–Crippen LogP) is 1.50. The van der Waals surface area contributed by atoms with Crippen LogP contribution in [0.1, 0.15) is 17.9 Å². The first-order valence-electron chi connectivity index (χ1n) is 5.03. The average molecular weight is 192 g/mol. The molecule has 0 aliphatic carbocycles. The molecule has 1 aliphatic rings. The summed E-state index contributed by atoms with van der Waals surface area (Å²) < 4.78 is 5.54. The molecule has 1 aromatic heterocycles. The Kier molecular flexibility index (Phi) is 3.01. The third-order valence-electron chi connectivity index (χ3n) is 2.44. The van der Waals surface area contributed by atoms with Crippen molar-refractivity contribution >= 4 is 0 Å². The van der Waals surface area contributed by atoms with Gasteiger partial charge in [-0.3, -0.25) is 4.90 Å². The van der Waals surface area contributed by atoms with Crippen molar-refractivity contribution in [2.24, 2.45) is 5.73 Å². The molecule has 0 fully saturated rings. The zero-order valence-electron chi connectivity index (χ0n) is 8.28. The molecule has 3 nitrogen and oxygen atoms in total. The van der Waals surface area contributed by atoms with Crippen LogP contribution >= 0.6 is 0 Å². The van der Waals surface area contributed by atoms with Crippen molar-refractivity contribution in [3.05, 3.63) is 35.8 Å². The van der Waals surface area contributed by atoms with Crippen LogP contribution in [-0.4, -0.2) is 18.0 Å². The summed E-state index contributed by atoms with van der Waals surface area (Å²) in [6.07, 6.45) is 5.57. The number of rotatable bonds is 3. The third-order valence-corrected chi connectivity index (χ3v) is 2.44. The van der Waals surface area contributed by atoms with Crippen LogP contribution in [0.25, 0.3) is 0 Å². The van der Waals surface area contributed by atoms with E-state index in [2.05, 4.69) is 17.1 Å². The zero-order chi connectivity index (χ0) is 9.80. The summed E-state index contributed by atoms with van der Waals surface area (Å²) in [5.74, 6) is 1.88. The number of hydrogen-bond donors (Lipinski definition) is 1. The van der Waals surface area contributed by atoms with E-state index in [4.69, 9.17) is 10.2 Å². The second-order valence-corrected chi connectivity index (χ2v) is 3.57. The summed E-state index contributed by atoms with van der Waals surface area (Å²) in [5.41, 5.74) is 5.48. The van der Waals surface area contributed by atoms with E-state index in [9.17, 15) is 0 Å². The van der Waals surface area contributed by atoms with Crippen molar-refractivity contribution in [1.29, 1.82) is 0 Å². The highest BCUT2D eigenvalue weighted by Gasteiger charge is 2.09. The minimum atomic E-state index is 0.486. The molecule has 2 rings (SSSR count). The lowest BCUT2D eigenvalue weighted by Gasteiger charge is -2.21. The Morgan fingerprint density at radius 1 is 1.29 bits per heavy atom. The maximum Gasteiger partial charge on any atom is 0.118 e. The van der Waals surface area contributed by atoms with Crippen LogP contribution in [0.3, 0.4) is 0 Å². The van der Waals surface area contributed by atoms with Gasteiger partial charge in [0.1, 0.15) is 11.5 Å². The maximum absolute atomic E-state index is 5.54. The molecule has 0 amide bonds. The van der Waals surface area contributed by atoms with Crippen molar-refractivity contribution in [3.8, 4) is 0 Å². The minimum absolute atomic E-state index is 0.486. The van der Waals surface area contributed by atoms with Gasteiger partial charge >= 0.3 is 0 Å². The summed E-state index contributed by atoms with van der Waals surface area (Å²) in [6.45, 7) is 3.53. The van der Waals surface area contributed by atoms with Gasteiger partial charge in [-0.25, -0.2) is 0 Å². The van der Waals surface area contributed by atoms with Crippen LogP contribution in [0, 0.1) is 0 Å². The molecule has 0 radical (unpaired) electrons. The lowest BCUT2D eigenvalue weighted by molar-refractivity contribution is 0.262. The summed E-state index contributed by atoms with van der Waals surface area (Å²) in [4.78, 5) is 2.36. The summed E-state index contributed by atoms with van der Waals surface area (Å²) in [6, 6.07) is 3.97. The van der Waals surface area contributed by atoms with Crippen molar-refractivity contribution in [3.63, 3.8) is 0 Å². The van der Waals surface area contributed by atoms with E-state index in [1.165, 1.54) is 0 Å². The number of furan rings is 1. The minimum Gasteiger partial charge on any atom is -0.463 e. The van der Waals surface area contributed by atoms with E-state index in [0.717, 1.165) is 37.6 Å². The van der Waals surface area contributed by atoms with Gasteiger partial charge in [0.2, 0.25) is 0 Å². The second kappa shape index (κ2) is 4.44. The van der Waals surface area contributed by atoms with Crippen molar-refractivity contribution < 1.29 is 4.42 Å². The van der Waals surface area contributed by atoms with Crippen LogP contribution in [0.2, 0.25) is 0 Å². The molecule has 76 valence electrons. The molecule has 14 heavy (non-hydrogen) atoms. The van der Waals surface area contributed by atoms with E-state index in [1.807, 2.05) is 12.1 Å². The quantitative estimate of drug-likeness (QED) is 0.738. The lowest BCUT2D eigenvalue weighted by Crippen LogP contribution is -2.26. The highest BCUT2D eigenvalue weighted by Crippen LogP contribution is 2.12. The standard InChI is InChI=1S/C11H16N2O/c12-8-10-4-5-11(14-10)9-13-6-2-1-3-7-13/h1-2,4-5H,3,6-9,12H2. The van der Waals surface area contributed by atoms with Gasteiger partial charge in [0.25, 0.3) is 0 Å². The SMILES string of the molecule is NCc1ccc(CN2CC=CCC2)o1. The van der Waals surface area contributed by atoms with Gasteiger partial charge in [0.05, 0.1) is 13.1 Å². The fourth-order valence-electron chi connectivity index (χ4n) is 1.67. The van der Waals surface area contributed by atoms with Crippen molar-refractivity contribution in [1.82, 2.24) is 4.90 Å². The van der Waals surface area contributed by atoms with Crippen LogP contribution in [-0.2, 0) is 13.1 Å². The van der Waals surface area contributed by atoms with E-state index >= 15 is 0 Å². The molecular formula is C11H16N2O.